The van der Waals surface area contributed by atoms with E-state index in [1.807, 2.05) is 49.4 Å². The summed E-state index contributed by atoms with van der Waals surface area (Å²) in [6, 6.07) is 15.0. The number of aryl methyl sites for hydroxylation is 1. The van der Waals surface area contributed by atoms with Gasteiger partial charge in [-0.3, -0.25) is 14.2 Å². The van der Waals surface area contributed by atoms with Crippen LogP contribution in [-0.4, -0.2) is 20.6 Å². The Morgan fingerprint density at radius 1 is 1.16 bits per heavy atom. The maximum atomic E-state index is 12.7. The number of hydrogen-bond acceptors (Lipinski definition) is 4. The highest BCUT2D eigenvalue weighted by molar-refractivity contribution is 8.00. The zero-order valence-electron chi connectivity index (χ0n) is 14.5. The highest BCUT2D eigenvalue weighted by Crippen LogP contribution is 2.24. The molecule has 0 aliphatic carbocycles. The lowest BCUT2D eigenvalue weighted by Gasteiger charge is -2.13. The first-order valence-corrected chi connectivity index (χ1v) is 9.14. The van der Waals surface area contributed by atoms with Gasteiger partial charge in [0.15, 0.2) is 10.9 Å². The van der Waals surface area contributed by atoms with Crippen molar-refractivity contribution < 1.29 is 4.79 Å². The molecular formula is C20H20N2O2S. The fourth-order valence-electron chi connectivity index (χ4n) is 2.65. The Balaban J connectivity index is 1.88. The lowest BCUT2D eigenvalue weighted by molar-refractivity contribution is 0.0994. The Bertz CT molecular complexity index is 977. The van der Waals surface area contributed by atoms with E-state index in [9.17, 15) is 9.59 Å². The molecule has 0 aliphatic rings. The number of rotatable bonds is 5. The first-order valence-electron chi connectivity index (χ1n) is 8.27. The molecule has 0 fully saturated rings. The van der Waals surface area contributed by atoms with Gasteiger partial charge in [0.25, 0.3) is 5.56 Å². The van der Waals surface area contributed by atoms with Crippen molar-refractivity contribution in [3.05, 3.63) is 70.0 Å². The summed E-state index contributed by atoms with van der Waals surface area (Å²) in [7, 11) is 1.69. The lowest BCUT2D eigenvalue weighted by atomic mass is 10.1. The van der Waals surface area contributed by atoms with Gasteiger partial charge in [-0.05, 0) is 31.0 Å². The normalized spacial score (nSPS) is 12.3. The first kappa shape index (κ1) is 17.4. The second-order valence-electron chi connectivity index (χ2n) is 5.95. The third kappa shape index (κ3) is 3.51. The van der Waals surface area contributed by atoms with Crippen LogP contribution in [-0.2, 0) is 13.5 Å². The average Bonchev–Trinajstić information content (AvgIpc) is 2.65. The Kier molecular flexibility index (Phi) is 5.04. The van der Waals surface area contributed by atoms with Crippen LogP contribution >= 0.6 is 11.8 Å². The smallest absolute Gasteiger partial charge is 0.261 e. The van der Waals surface area contributed by atoms with Gasteiger partial charge in [0, 0.05) is 12.6 Å². The van der Waals surface area contributed by atoms with Gasteiger partial charge in [0.1, 0.15) is 0 Å². The highest BCUT2D eigenvalue weighted by atomic mass is 32.2. The summed E-state index contributed by atoms with van der Waals surface area (Å²) in [5, 5.41) is 0.810. The summed E-state index contributed by atoms with van der Waals surface area (Å²) in [4.78, 5) is 29.7. The third-order valence-corrected chi connectivity index (χ3v) is 5.38. The molecule has 0 N–H and O–H groups in total. The van der Waals surface area contributed by atoms with E-state index in [0.717, 1.165) is 6.42 Å². The number of aromatic nitrogens is 2. The molecule has 2 aromatic carbocycles. The number of carbonyl (C=O) groups excluding carboxylic acids is 1. The quantitative estimate of drug-likeness (QED) is 0.397. The number of nitrogens with zero attached hydrogens (tertiary/aromatic N) is 2. The number of Topliss-reactive ketones (excluding diaryl/α,β-unsaturated/α-hetero) is 1. The summed E-state index contributed by atoms with van der Waals surface area (Å²) in [5.74, 6) is 0.0371. The molecule has 25 heavy (non-hydrogen) atoms. The first-order chi connectivity index (χ1) is 12.0. The van der Waals surface area contributed by atoms with Crippen molar-refractivity contribution in [2.45, 2.75) is 30.7 Å². The summed E-state index contributed by atoms with van der Waals surface area (Å²) >= 11 is 1.31. The van der Waals surface area contributed by atoms with Gasteiger partial charge in [-0.1, -0.05) is 55.1 Å². The SMILES string of the molecule is CCc1ccc(C(=O)C(C)Sc2nc3ccccc3c(=O)n2C)cc1. The minimum atomic E-state index is -0.327. The molecule has 0 amide bonds. The number of thioether (sulfide) groups is 1. The predicted octanol–water partition coefficient (Wildman–Crippen LogP) is 3.86. The van der Waals surface area contributed by atoms with E-state index in [1.54, 1.807) is 13.1 Å². The zero-order valence-corrected chi connectivity index (χ0v) is 15.3. The van der Waals surface area contributed by atoms with E-state index >= 15 is 0 Å². The Morgan fingerprint density at radius 3 is 2.52 bits per heavy atom. The number of para-hydroxylation sites is 1. The van der Waals surface area contributed by atoms with Crippen LogP contribution in [0.4, 0.5) is 0 Å². The predicted molar refractivity (Wildman–Crippen MR) is 102 cm³/mol. The molecule has 3 aromatic rings. The van der Waals surface area contributed by atoms with E-state index in [0.29, 0.717) is 21.6 Å². The van der Waals surface area contributed by atoms with Crippen LogP contribution in [0.3, 0.4) is 0 Å². The van der Waals surface area contributed by atoms with Gasteiger partial charge in [-0.25, -0.2) is 4.98 Å². The molecule has 3 rings (SSSR count). The molecule has 0 aliphatic heterocycles. The number of hydrogen-bond donors (Lipinski definition) is 0. The molecule has 1 aromatic heterocycles. The van der Waals surface area contributed by atoms with Gasteiger partial charge < -0.3 is 0 Å². The molecule has 4 nitrogen and oxygen atoms in total. The van der Waals surface area contributed by atoms with Gasteiger partial charge in [0.2, 0.25) is 0 Å². The summed E-state index contributed by atoms with van der Waals surface area (Å²) < 4.78 is 1.51. The topological polar surface area (TPSA) is 52.0 Å². The van der Waals surface area contributed by atoms with Crippen molar-refractivity contribution in [2.24, 2.45) is 7.05 Å². The van der Waals surface area contributed by atoms with E-state index in [4.69, 9.17) is 0 Å². The van der Waals surface area contributed by atoms with E-state index in [2.05, 4.69) is 11.9 Å². The van der Waals surface area contributed by atoms with Crippen LogP contribution in [0.5, 0.6) is 0 Å². The molecule has 0 saturated carbocycles. The molecule has 0 bridgehead atoms. The van der Waals surface area contributed by atoms with Crippen LogP contribution in [0.25, 0.3) is 10.9 Å². The number of ketones is 1. The molecule has 0 saturated heterocycles. The molecule has 128 valence electrons. The second-order valence-corrected chi connectivity index (χ2v) is 7.26. The summed E-state index contributed by atoms with van der Waals surface area (Å²) in [6.45, 7) is 3.93. The monoisotopic (exact) mass is 352 g/mol. The standard InChI is InChI=1S/C20H20N2O2S/c1-4-14-9-11-15(12-10-14)18(23)13(2)25-20-21-17-8-6-5-7-16(17)19(24)22(20)3/h5-13H,4H2,1-3H3. The van der Waals surface area contributed by atoms with E-state index in [-0.39, 0.29) is 16.6 Å². The van der Waals surface area contributed by atoms with E-state index in [1.165, 1.54) is 21.9 Å². The van der Waals surface area contributed by atoms with Crippen LogP contribution in [0, 0.1) is 0 Å². The average molecular weight is 352 g/mol. The molecular weight excluding hydrogens is 332 g/mol. The minimum Gasteiger partial charge on any atom is -0.293 e. The largest absolute Gasteiger partial charge is 0.293 e. The fraction of sp³-hybridized carbons (Fsp3) is 0.250. The Hall–Kier alpha value is -2.40. The van der Waals surface area contributed by atoms with Crippen LogP contribution in [0.1, 0.15) is 29.8 Å². The second kappa shape index (κ2) is 7.23. The molecule has 0 spiro atoms. The number of carbonyl (C=O) groups is 1. The molecule has 1 unspecified atom stereocenters. The molecule has 0 radical (unpaired) electrons. The maximum absolute atomic E-state index is 12.7. The van der Waals surface area contributed by atoms with Crippen LogP contribution in [0.15, 0.2) is 58.5 Å². The Morgan fingerprint density at radius 2 is 1.84 bits per heavy atom. The van der Waals surface area contributed by atoms with Gasteiger partial charge in [-0.2, -0.15) is 0 Å². The van der Waals surface area contributed by atoms with Crippen molar-refractivity contribution in [3.8, 4) is 0 Å². The van der Waals surface area contributed by atoms with Crippen molar-refractivity contribution >= 4 is 28.4 Å². The highest BCUT2D eigenvalue weighted by Gasteiger charge is 2.19. The molecule has 1 heterocycles. The third-order valence-electron chi connectivity index (χ3n) is 4.24. The fourth-order valence-corrected chi connectivity index (χ4v) is 3.61. The van der Waals surface area contributed by atoms with Gasteiger partial charge in [0.05, 0.1) is 16.2 Å². The summed E-state index contributed by atoms with van der Waals surface area (Å²) in [6.07, 6.45) is 0.946. The van der Waals surface area contributed by atoms with Crippen molar-refractivity contribution in [1.29, 1.82) is 0 Å². The number of fused-ring (bicyclic) bond motifs is 1. The van der Waals surface area contributed by atoms with Crippen molar-refractivity contribution in [1.82, 2.24) is 9.55 Å². The minimum absolute atomic E-state index is 0.0371. The lowest BCUT2D eigenvalue weighted by Crippen LogP contribution is -2.22. The molecule has 5 heteroatoms. The van der Waals surface area contributed by atoms with Gasteiger partial charge in [-0.15, -0.1) is 0 Å². The van der Waals surface area contributed by atoms with Gasteiger partial charge >= 0.3 is 0 Å². The zero-order chi connectivity index (χ0) is 18.0. The maximum Gasteiger partial charge on any atom is 0.261 e. The number of benzene rings is 2. The van der Waals surface area contributed by atoms with Crippen LogP contribution in [0.2, 0.25) is 0 Å². The van der Waals surface area contributed by atoms with Crippen LogP contribution < -0.4 is 5.56 Å². The Labute approximate surface area is 150 Å². The van der Waals surface area contributed by atoms with Crippen molar-refractivity contribution in [2.75, 3.05) is 0 Å². The summed E-state index contributed by atoms with van der Waals surface area (Å²) in [5.41, 5.74) is 2.44. The molecule has 1 atom stereocenters. The van der Waals surface area contributed by atoms with Crippen molar-refractivity contribution in [3.63, 3.8) is 0 Å². The van der Waals surface area contributed by atoms with E-state index < -0.39 is 0 Å².